The van der Waals surface area contributed by atoms with Gasteiger partial charge in [0.15, 0.2) is 5.65 Å². The van der Waals surface area contributed by atoms with Crippen molar-refractivity contribution in [3.8, 4) is 0 Å². The predicted molar refractivity (Wildman–Crippen MR) is 86.3 cm³/mol. The largest absolute Gasteiger partial charge is 0.370 e. The van der Waals surface area contributed by atoms with Crippen LogP contribution >= 0.6 is 11.8 Å². The van der Waals surface area contributed by atoms with Gasteiger partial charge in [-0.1, -0.05) is 11.8 Å². The maximum atomic E-state index is 13.4. The Labute approximate surface area is 136 Å². The Bertz CT molecular complexity index is 833. The van der Waals surface area contributed by atoms with Crippen LogP contribution < -0.4 is 4.90 Å². The number of morpholine rings is 1. The molecule has 1 saturated heterocycles. The summed E-state index contributed by atoms with van der Waals surface area (Å²) in [4.78, 5) is 9.23. The number of nitrogens with zero attached hydrogens (tertiary/aromatic N) is 3. The van der Waals surface area contributed by atoms with Crippen molar-refractivity contribution in [2.45, 2.75) is 5.16 Å². The third-order valence-corrected chi connectivity index (χ3v) is 4.88. The molecule has 6 nitrogen and oxygen atoms in total. The number of thioether (sulfide) groups is 1. The number of nitrogens with one attached hydrogen (secondary N) is 2. The Kier molecular flexibility index (Phi) is 4.11. The van der Waals surface area contributed by atoms with Crippen molar-refractivity contribution in [1.29, 1.82) is 0 Å². The van der Waals surface area contributed by atoms with Gasteiger partial charge in [-0.15, -0.1) is 10.2 Å². The van der Waals surface area contributed by atoms with E-state index in [1.807, 2.05) is 0 Å². The molecule has 1 aliphatic heterocycles. The topological polar surface area (TPSA) is 68.1 Å². The first-order valence-corrected chi connectivity index (χ1v) is 8.64. The van der Waals surface area contributed by atoms with Gasteiger partial charge in [0.1, 0.15) is 24.4 Å². The van der Waals surface area contributed by atoms with Crippen LogP contribution in [0.25, 0.3) is 22.1 Å². The standard InChI is InChI=1S/C15H16FN5OS/c16-10-1-2-12-11(9-10)13-14(17-12)18-15(20-19-13)23-8-5-21-3-6-22-7-4-21/h1-2,9H,3-8H2,(H,17,18,20)/p+1. The third kappa shape index (κ3) is 3.15. The zero-order valence-corrected chi connectivity index (χ0v) is 13.3. The molecule has 0 bridgehead atoms. The highest BCUT2D eigenvalue weighted by atomic mass is 32.2. The van der Waals surface area contributed by atoms with Crippen molar-refractivity contribution in [1.82, 2.24) is 20.2 Å². The van der Waals surface area contributed by atoms with Gasteiger partial charge in [0, 0.05) is 10.9 Å². The zero-order valence-electron chi connectivity index (χ0n) is 12.5. The van der Waals surface area contributed by atoms with Crippen molar-refractivity contribution < 1.29 is 14.0 Å². The van der Waals surface area contributed by atoms with E-state index in [2.05, 4.69) is 20.2 Å². The number of rotatable bonds is 4. The summed E-state index contributed by atoms with van der Waals surface area (Å²) in [5.41, 5.74) is 2.09. The second-order valence-corrected chi connectivity index (χ2v) is 6.63. The second kappa shape index (κ2) is 6.38. The summed E-state index contributed by atoms with van der Waals surface area (Å²) in [6.07, 6.45) is 0. The van der Waals surface area contributed by atoms with Gasteiger partial charge in [0.25, 0.3) is 0 Å². The SMILES string of the molecule is Fc1ccc2[nH]c3nc(SCC[NH+]4CCOCC4)nnc3c2c1. The number of aromatic amines is 1. The minimum Gasteiger partial charge on any atom is -0.370 e. The highest BCUT2D eigenvalue weighted by Crippen LogP contribution is 2.24. The molecule has 2 aromatic heterocycles. The van der Waals surface area contributed by atoms with Crippen LogP contribution in [0.4, 0.5) is 4.39 Å². The van der Waals surface area contributed by atoms with Gasteiger partial charge in [-0.05, 0) is 18.2 Å². The molecule has 2 N–H and O–H groups in total. The monoisotopic (exact) mass is 334 g/mol. The van der Waals surface area contributed by atoms with Crippen molar-refractivity contribution in [3.05, 3.63) is 24.0 Å². The summed E-state index contributed by atoms with van der Waals surface area (Å²) in [6, 6.07) is 4.58. The minimum absolute atomic E-state index is 0.285. The maximum Gasteiger partial charge on any atom is 0.211 e. The van der Waals surface area contributed by atoms with E-state index < -0.39 is 0 Å². The van der Waals surface area contributed by atoms with Gasteiger partial charge in [-0.3, -0.25) is 0 Å². The van der Waals surface area contributed by atoms with Crippen LogP contribution in [0.2, 0.25) is 0 Å². The molecule has 0 spiro atoms. The minimum atomic E-state index is -0.285. The summed E-state index contributed by atoms with van der Waals surface area (Å²) in [5.74, 6) is 0.657. The Hall–Kier alpha value is -1.77. The van der Waals surface area contributed by atoms with Crippen molar-refractivity contribution in [2.24, 2.45) is 0 Å². The van der Waals surface area contributed by atoms with Crippen LogP contribution in [0.15, 0.2) is 23.4 Å². The van der Waals surface area contributed by atoms with Gasteiger partial charge >= 0.3 is 0 Å². The number of hydrogen-bond acceptors (Lipinski definition) is 5. The molecule has 23 heavy (non-hydrogen) atoms. The molecule has 3 heterocycles. The van der Waals surface area contributed by atoms with E-state index in [9.17, 15) is 4.39 Å². The normalized spacial score (nSPS) is 16.4. The quantitative estimate of drug-likeness (QED) is 0.686. The van der Waals surface area contributed by atoms with E-state index in [4.69, 9.17) is 4.74 Å². The molecular formula is C15H17FN5OS+. The molecule has 0 saturated carbocycles. The van der Waals surface area contributed by atoms with E-state index in [0.717, 1.165) is 44.1 Å². The van der Waals surface area contributed by atoms with Crippen LogP contribution in [-0.2, 0) is 4.74 Å². The van der Waals surface area contributed by atoms with E-state index in [-0.39, 0.29) is 5.82 Å². The summed E-state index contributed by atoms with van der Waals surface area (Å²) in [5, 5.41) is 9.75. The first kappa shape index (κ1) is 14.8. The van der Waals surface area contributed by atoms with E-state index in [1.54, 1.807) is 22.7 Å². The molecule has 3 aromatic rings. The molecule has 120 valence electrons. The van der Waals surface area contributed by atoms with E-state index in [1.165, 1.54) is 12.1 Å². The number of quaternary nitrogens is 1. The van der Waals surface area contributed by atoms with Gasteiger partial charge in [-0.2, -0.15) is 0 Å². The number of fused-ring (bicyclic) bond motifs is 3. The van der Waals surface area contributed by atoms with Crippen LogP contribution in [0.5, 0.6) is 0 Å². The zero-order chi connectivity index (χ0) is 15.6. The Balaban J connectivity index is 1.49. The van der Waals surface area contributed by atoms with Crippen molar-refractivity contribution >= 4 is 33.8 Å². The second-order valence-electron chi connectivity index (χ2n) is 5.57. The molecule has 1 fully saturated rings. The van der Waals surface area contributed by atoms with Gasteiger partial charge in [0.2, 0.25) is 5.16 Å². The molecule has 0 radical (unpaired) electrons. The number of H-pyrrole nitrogens is 1. The lowest BCUT2D eigenvalue weighted by atomic mass is 10.2. The van der Waals surface area contributed by atoms with Gasteiger partial charge in [-0.25, -0.2) is 9.37 Å². The number of ether oxygens (including phenoxy) is 1. The molecule has 0 amide bonds. The first-order valence-electron chi connectivity index (χ1n) is 7.65. The number of benzene rings is 1. The van der Waals surface area contributed by atoms with Crippen LogP contribution in [0.1, 0.15) is 0 Å². The van der Waals surface area contributed by atoms with Crippen LogP contribution in [0, 0.1) is 5.82 Å². The lowest BCUT2D eigenvalue weighted by Crippen LogP contribution is -3.14. The molecule has 1 aromatic carbocycles. The lowest BCUT2D eigenvalue weighted by molar-refractivity contribution is -0.905. The predicted octanol–water partition coefficient (Wildman–Crippen LogP) is 0.652. The molecular weight excluding hydrogens is 317 g/mol. The lowest BCUT2D eigenvalue weighted by Gasteiger charge is -2.23. The molecule has 4 rings (SSSR count). The number of aromatic nitrogens is 4. The van der Waals surface area contributed by atoms with E-state index in [0.29, 0.717) is 21.7 Å². The van der Waals surface area contributed by atoms with Crippen molar-refractivity contribution in [2.75, 3.05) is 38.6 Å². The Morgan fingerprint density at radius 2 is 2.13 bits per heavy atom. The van der Waals surface area contributed by atoms with Crippen LogP contribution in [-0.4, -0.2) is 58.8 Å². The highest BCUT2D eigenvalue weighted by Gasteiger charge is 2.14. The smallest absolute Gasteiger partial charge is 0.211 e. The van der Waals surface area contributed by atoms with Gasteiger partial charge < -0.3 is 14.6 Å². The third-order valence-electron chi connectivity index (χ3n) is 4.04. The molecule has 0 unspecified atom stereocenters. The average molecular weight is 334 g/mol. The van der Waals surface area contributed by atoms with E-state index >= 15 is 0 Å². The molecule has 0 atom stereocenters. The Morgan fingerprint density at radius 1 is 1.26 bits per heavy atom. The first-order chi connectivity index (χ1) is 11.3. The average Bonchev–Trinajstić information content (AvgIpc) is 2.93. The fraction of sp³-hybridized carbons (Fsp3) is 0.400. The number of halogens is 1. The Morgan fingerprint density at radius 3 is 3.00 bits per heavy atom. The fourth-order valence-electron chi connectivity index (χ4n) is 2.79. The summed E-state index contributed by atoms with van der Waals surface area (Å²) < 4.78 is 18.7. The molecule has 0 aliphatic carbocycles. The van der Waals surface area contributed by atoms with Crippen LogP contribution in [0.3, 0.4) is 0 Å². The van der Waals surface area contributed by atoms with Crippen molar-refractivity contribution in [3.63, 3.8) is 0 Å². The molecule has 1 aliphatic rings. The highest BCUT2D eigenvalue weighted by molar-refractivity contribution is 7.99. The summed E-state index contributed by atoms with van der Waals surface area (Å²) in [7, 11) is 0. The molecule has 8 heteroatoms. The fourth-order valence-corrected chi connectivity index (χ4v) is 3.61. The number of hydrogen-bond donors (Lipinski definition) is 2. The summed E-state index contributed by atoms with van der Waals surface area (Å²) >= 11 is 1.60. The summed E-state index contributed by atoms with van der Waals surface area (Å²) in [6.45, 7) is 4.87. The van der Waals surface area contributed by atoms with Gasteiger partial charge in [0.05, 0.1) is 25.5 Å². The maximum absolute atomic E-state index is 13.4.